The fraction of sp³-hybridized carbons (Fsp3) is 0.214. The van der Waals surface area contributed by atoms with Crippen LogP contribution in [0.1, 0.15) is 12.6 Å². The summed E-state index contributed by atoms with van der Waals surface area (Å²) in [5.41, 5.74) is 1.36. The van der Waals surface area contributed by atoms with Gasteiger partial charge in [0.15, 0.2) is 0 Å². The van der Waals surface area contributed by atoms with Crippen LogP contribution in [-0.2, 0) is 6.54 Å². The fourth-order valence-electron chi connectivity index (χ4n) is 1.86. The van der Waals surface area contributed by atoms with Crippen LogP contribution in [0.2, 0.25) is 0 Å². The van der Waals surface area contributed by atoms with E-state index in [0.29, 0.717) is 11.4 Å². The summed E-state index contributed by atoms with van der Waals surface area (Å²) < 4.78 is 7.18. The van der Waals surface area contributed by atoms with Crippen molar-refractivity contribution in [3.05, 3.63) is 52.3 Å². The SMILES string of the molecule is CCn1cccc1C=Nc1cc([N+](=O)[O-])ccc1OC. The number of ether oxygens (including phenoxy) is 1. The van der Waals surface area contributed by atoms with Crippen LogP contribution in [0, 0.1) is 10.1 Å². The van der Waals surface area contributed by atoms with Gasteiger partial charge in [0.2, 0.25) is 0 Å². The largest absolute Gasteiger partial charge is 0.494 e. The summed E-state index contributed by atoms with van der Waals surface area (Å²) in [6, 6.07) is 8.19. The van der Waals surface area contributed by atoms with E-state index in [1.807, 2.05) is 29.8 Å². The number of aromatic nitrogens is 1. The average Bonchev–Trinajstić information content (AvgIpc) is 2.92. The van der Waals surface area contributed by atoms with Crippen molar-refractivity contribution in [1.82, 2.24) is 4.57 Å². The van der Waals surface area contributed by atoms with Crippen molar-refractivity contribution in [2.75, 3.05) is 7.11 Å². The number of rotatable bonds is 5. The predicted octanol–water partition coefficient (Wildman–Crippen LogP) is 3.18. The molecule has 104 valence electrons. The van der Waals surface area contributed by atoms with E-state index in [4.69, 9.17) is 4.74 Å². The molecule has 1 heterocycles. The van der Waals surface area contributed by atoms with Gasteiger partial charge in [-0.3, -0.25) is 15.1 Å². The summed E-state index contributed by atoms with van der Waals surface area (Å²) in [5.74, 6) is 0.501. The quantitative estimate of drug-likeness (QED) is 0.477. The van der Waals surface area contributed by atoms with Gasteiger partial charge in [-0.1, -0.05) is 0 Å². The van der Waals surface area contributed by atoms with Crippen molar-refractivity contribution in [3.63, 3.8) is 0 Å². The molecular formula is C14H15N3O3. The Labute approximate surface area is 116 Å². The molecule has 0 saturated carbocycles. The van der Waals surface area contributed by atoms with Crippen molar-refractivity contribution < 1.29 is 9.66 Å². The number of non-ortho nitro benzene ring substituents is 1. The van der Waals surface area contributed by atoms with E-state index in [9.17, 15) is 10.1 Å². The van der Waals surface area contributed by atoms with Crippen molar-refractivity contribution in [1.29, 1.82) is 0 Å². The molecule has 0 aliphatic carbocycles. The predicted molar refractivity (Wildman–Crippen MR) is 77.0 cm³/mol. The Bertz CT molecular complexity index is 647. The fourth-order valence-corrected chi connectivity index (χ4v) is 1.86. The zero-order chi connectivity index (χ0) is 14.5. The van der Waals surface area contributed by atoms with E-state index in [1.165, 1.54) is 19.2 Å². The molecule has 0 fully saturated rings. The molecule has 20 heavy (non-hydrogen) atoms. The van der Waals surface area contributed by atoms with E-state index in [-0.39, 0.29) is 5.69 Å². The van der Waals surface area contributed by atoms with Gasteiger partial charge < -0.3 is 9.30 Å². The second-order valence-electron chi connectivity index (χ2n) is 4.09. The summed E-state index contributed by atoms with van der Waals surface area (Å²) in [6.07, 6.45) is 3.62. The van der Waals surface area contributed by atoms with Crippen molar-refractivity contribution in [2.45, 2.75) is 13.5 Å². The molecule has 0 saturated heterocycles. The topological polar surface area (TPSA) is 69.7 Å². The van der Waals surface area contributed by atoms with Crippen LogP contribution >= 0.6 is 0 Å². The van der Waals surface area contributed by atoms with E-state index in [1.54, 1.807) is 12.3 Å². The van der Waals surface area contributed by atoms with E-state index >= 15 is 0 Å². The monoisotopic (exact) mass is 273 g/mol. The van der Waals surface area contributed by atoms with E-state index in [0.717, 1.165) is 12.2 Å². The number of aryl methyl sites for hydroxylation is 1. The Hall–Kier alpha value is -2.63. The highest BCUT2D eigenvalue weighted by Gasteiger charge is 2.10. The van der Waals surface area contributed by atoms with Crippen LogP contribution in [0.25, 0.3) is 0 Å². The Kier molecular flexibility index (Phi) is 4.14. The number of nitrogens with zero attached hydrogens (tertiary/aromatic N) is 3. The number of methoxy groups -OCH3 is 1. The van der Waals surface area contributed by atoms with Crippen LogP contribution < -0.4 is 4.74 Å². The molecule has 6 nitrogen and oxygen atoms in total. The number of nitro benzene ring substituents is 1. The highest BCUT2D eigenvalue weighted by Crippen LogP contribution is 2.31. The normalized spacial score (nSPS) is 10.9. The Morgan fingerprint density at radius 2 is 2.25 bits per heavy atom. The van der Waals surface area contributed by atoms with Crippen LogP contribution in [0.5, 0.6) is 5.75 Å². The number of hydrogen-bond donors (Lipinski definition) is 0. The average molecular weight is 273 g/mol. The summed E-state index contributed by atoms with van der Waals surface area (Å²) in [7, 11) is 1.51. The van der Waals surface area contributed by atoms with Gasteiger partial charge in [0.1, 0.15) is 11.4 Å². The minimum absolute atomic E-state index is 0.0103. The molecule has 0 amide bonds. The van der Waals surface area contributed by atoms with Gasteiger partial charge in [-0.15, -0.1) is 0 Å². The maximum atomic E-state index is 10.8. The van der Waals surface area contributed by atoms with Crippen LogP contribution in [0.3, 0.4) is 0 Å². The first-order valence-corrected chi connectivity index (χ1v) is 6.17. The van der Waals surface area contributed by atoms with Crippen LogP contribution in [0.15, 0.2) is 41.5 Å². The third-order valence-electron chi connectivity index (χ3n) is 2.91. The molecule has 6 heteroatoms. The minimum Gasteiger partial charge on any atom is -0.494 e. The van der Waals surface area contributed by atoms with Gasteiger partial charge in [0, 0.05) is 24.9 Å². The molecule has 0 bridgehead atoms. The second kappa shape index (κ2) is 6.01. The van der Waals surface area contributed by atoms with Crippen molar-refractivity contribution >= 4 is 17.6 Å². The van der Waals surface area contributed by atoms with E-state index < -0.39 is 4.92 Å². The lowest BCUT2D eigenvalue weighted by atomic mass is 10.2. The molecule has 1 aromatic carbocycles. The Morgan fingerprint density at radius 1 is 1.45 bits per heavy atom. The highest BCUT2D eigenvalue weighted by molar-refractivity contribution is 5.81. The van der Waals surface area contributed by atoms with Gasteiger partial charge in [0.05, 0.1) is 23.9 Å². The van der Waals surface area contributed by atoms with Crippen LogP contribution in [0.4, 0.5) is 11.4 Å². The summed E-state index contributed by atoms with van der Waals surface area (Å²) in [5, 5.41) is 10.8. The third-order valence-corrected chi connectivity index (χ3v) is 2.91. The molecule has 1 aromatic heterocycles. The molecule has 0 N–H and O–H groups in total. The summed E-state index contributed by atoms with van der Waals surface area (Å²) >= 11 is 0. The maximum absolute atomic E-state index is 10.8. The van der Waals surface area contributed by atoms with Gasteiger partial charge in [-0.25, -0.2) is 0 Å². The van der Waals surface area contributed by atoms with Crippen molar-refractivity contribution in [2.24, 2.45) is 4.99 Å². The van der Waals surface area contributed by atoms with Gasteiger partial charge >= 0.3 is 0 Å². The standard InChI is InChI=1S/C14H15N3O3/c1-3-16-8-4-5-12(16)10-15-13-9-11(17(18)19)6-7-14(13)20-2/h4-10H,3H2,1-2H3. The molecular weight excluding hydrogens is 258 g/mol. The zero-order valence-electron chi connectivity index (χ0n) is 11.3. The number of benzene rings is 1. The second-order valence-corrected chi connectivity index (χ2v) is 4.09. The molecule has 0 unspecified atom stereocenters. The first kappa shape index (κ1) is 13.8. The highest BCUT2D eigenvalue weighted by atomic mass is 16.6. The zero-order valence-corrected chi connectivity index (χ0v) is 11.3. The Balaban J connectivity index is 2.36. The molecule has 0 spiro atoms. The molecule has 2 aromatic rings. The maximum Gasteiger partial charge on any atom is 0.271 e. The summed E-state index contributed by atoms with van der Waals surface area (Å²) in [4.78, 5) is 14.6. The van der Waals surface area contributed by atoms with E-state index in [2.05, 4.69) is 4.99 Å². The number of aliphatic imine (C=N–C) groups is 1. The molecule has 0 atom stereocenters. The van der Waals surface area contributed by atoms with Crippen LogP contribution in [-0.4, -0.2) is 22.8 Å². The van der Waals surface area contributed by atoms with Crippen molar-refractivity contribution in [3.8, 4) is 5.75 Å². The number of nitro groups is 1. The molecule has 0 aliphatic heterocycles. The van der Waals surface area contributed by atoms with Gasteiger partial charge in [-0.05, 0) is 25.1 Å². The third kappa shape index (κ3) is 2.85. The lowest BCUT2D eigenvalue weighted by Gasteiger charge is -2.04. The minimum atomic E-state index is -0.451. The Morgan fingerprint density at radius 3 is 2.90 bits per heavy atom. The molecule has 0 aliphatic rings. The lowest BCUT2D eigenvalue weighted by molar-refractivity contribution is -0.384. The first-order chi connectivity index (χ1) is 9.65. The lowest BCUT2D eigenvalue weighted by Crippen LogP contribution is -1.97. The molecule has 2 rings (SSSR count). The van der Waals surface area contributed by atoms with Gasteiger partial charge in [0.25, 0.3) is 5.69 Å². The summed E-state index contributed by atoms with van der Waals surface area (Å²) in [6.45, 7) is 2.87. The smallest absolute Gasteiger partial charge is 0.271 e. The molecule has 0 radical (unpaired) electrons. The first-order valence-electron chi connectivity index (χ1n) is 6.17. The number of hydrogen-bond acceptors (Lipinski definition) is 4. The van der Waals surface area contributed by atoms with Gasteiger partial charge in [-0.2, -0.15) is 0 Å².